The second-order valence-electron chi connectivity index (χ2n) is 5.98. The van der Waals surface area contributed by atoms with Crippen molar-refractivity contribution >= 4 is 5.91 Å². The minimum absolute atomic E-state index is 0.0968. The van der Waals surface area contributed by atoms with Crippen molar-refractivity contribution in [1.82, 2.24) is 15.2 Å². The van der Waals surface area contributed by atoms with Crippen LogP contribution in [0.1, 0.15) is 30.9 Å². The van der Waals surface area contributed by atoms with E-state index in [-0.39, 0.29) is 17.9 Å². The SMILES string of the molecule is CN(CCNC(=O)[C@H]1CCO[C@@H]1c1cccnc1)C1CC1. The minimum atomic E-state index is -0.153. The average Bonchev–Trinajstić information content (AvgIpc) is 3.25. The van der Waals surface area contributed by atoms with Crippen molar-refractivity contribution < 1.29 is 9.53 Å². The number of amides is 1. The maximum Gasteiger partial charge on any atom is 0.226 e. The summed E-state index contributed by atoms with van der Waals surface area (Å²) in [7, 11) is 2.13. The molecule has 0 unspecified atom stereocenters. The Hall–Kier alpha value is -1.46. The van der Waals surface area contributed by atoms with E-state index in [1.54, 1.807) is 12.4 Å². The van der Waals surface area contributed by atoms with Crippen molar-refractivity contribution in [3.8, 4) is 0 Å². The van der Waals surface area contributed by atoms with Crippen molar-refractivity contribution in [1.29, 1.82) is 0 Å². The van der Waals surface area contributed by atoms with Crippen LogP contribution >= 0.6 is 0 Å². The van der Waals surface area contributed by atoms with Crippen LogP contribution in [0.25, 0.3) is 0 Å². The molecular weight excluding hydrogens is 266 g/mol. The van der Waals surface area contributed by atoms with Crippen LogP contribution in [0, 0.1) is 5.92 Å². The van der Waals surface area contributed by atoms with E-state index in [2.05, 4.69) is 22.2 Å². The summed E-state index contributed by atoms with van der Waals surface area (Å²) in [5.41, 5.74) is 0.991. The highest BCUT2D eigenvalue weighted by Gasteiger charge is 2.35. The quantitative estimate of drug-likeness (QED) is 0.859. The van der Waals surface area contributed by atoms with E-state index in [4.69, 9.17) is 4.74 Å². The van der Waals surface area contributed by atoms with Crippen molar-refractivity contribution in [2.45, 2.75) is 31.4 Å². The normalized spacial score (nSPS) is 25.2. The van der Waals surface area contributed by atoms with Crippen LogP contribution in [0.3, 0.4) is 0 Å². The van der Waals surface area contributed by atoms with E-state index < -0.39 is 0 Å². The molecule has 1 amide bonds. The fraction of sp³-hybridized carbons (Fsp3) is 0.625. The van der Waals surface area contributed by atoms with Crippen LogP contribution in [0.5, 0.6) is 0 Å². The second-order valence-corrected chi connectivity index (χ2v) is 5.98. The number of rotatable bonds is 6. The Kier molecular flexibility index (Phi) is 4.51. The van der Waals surface area contributed by atoms with Crippen LogP contribution in [0.4, 0.5) is 0 Å². The first-order valence-electron chi connectivity index (χ1n) is 7.75. The van der Waals surface area contributed by atoms with Crippen molar-refractivity contribution in [3.63, 3.8) is 0 Å². The molecule has 3 rings (SSSR count). The van der Waals surface area contributed by atoms with Gasteiger partial charge in [-0.1, -0.05) is 6.07 Å². The maximum absolute atomic E-state index is 12.4. The molecule has 1 N–H and O–H groups in total. The third kappa shape index (κ3) is 3.60. The molecule has 0 radical (unpaired) electrons. The summed E-state index contributed by atoms with van der Waals surface area (Å²) in [5.74, 6) is 0.00554. The molecule has 21 heavy (non-hydrogen) atoms. The second kappa shape index (κ2) is 6.54. The lowest BCUT2D eigenvalue weighted by molar-refractivity contribution is -0.126. The molecule has 2 fully saturated rings. The molecule has 114 valence electrons. The molecule has 1 saturated heterocycles. The first-order chi connectivity index (χ1) is 10.3. The highest BCUT2D eigenvalue weighted by molar-refractivity contribution is 5.79. The molecule has 1 aromatic heterocycles. The van der Waals surface area contributed by atoms with E-state index in [0.29, 0.717) is 13.2 Å². The number of pyridine rings is 1. The Morgan fingerprint density at radius 2 is 2.33 bits per heavy atom. The van der Waals surface area contributed by atoms with Crippen LogP contribution in [-0.4, -0.2) is 48.6 Å². The van der Waals surface area contributed by atoms with Gasteiger partial charge in [-0.05, 0) is 37.9 Å². The zero-order valence-corrected chi connectivity index (χ0v) is 12.5. The fourth-order valence-corrected chi connectivity index (χ4v) is 2.92. The van der Waals surface area contributed by atoms with Crippen LogP contribution in [0.15, 0.2) is 24.5 Å². The Labute approximate surface area is 125 Å². The third-order valence-electron chi connectivity index (χ3n) is 4.38. The molecule has 5 heteroatoms. The summed E-state index contributed by atoms with van der Waals surface area (Å²) >= 11 is 0. The largest absolute Gasteiger partial charge is 0.373 e. The smallest absolute Gasteiger partial charge is 0.226 e. The summed E-state index contributed by atoms with van der Waals surface area (Å²) in [6.45, 7) is 2.27. The van der Waals surface area contributed by atoms with E-state index in [9.17, 15) is 4.79 Å². The monoisotopic (exact) mass is 289 g/mol. The van der Waals surface area contributed by atoms with E-state index in [1.807, 2.05) is 12.1 Å². The first kappa shape index (κ1) is 14.5. The zero-order valence-electron chi connectivity index (χ0n) is 12.5. The Morgan fingerprint density at radius 1 is 1.48 bits per heavy atom. The molecule has 2 heterocycles. The van der Waals surface area contributed by atoms with Crippen LogP contribution < -0.4 is 5.32 Å². The fourth-order valence-electron chi connectivity index (χ4n) is 2.92. The maximum atomic E-state index is 12.4. The van der Waals surface area contributed by atoms with Gasteiger partial charge in [-0.15, -0.1) is 0 Å². The predicted molar refractivity (Wildman–Crippen MR) is 79.7 cm³/mol. The summed E-state index contributed by atoms with van der Waals surface area (Å²) in [6.07, 6.45) is 6.75. The van der Waals surface area contributed by atoms with E-state index >= 15 is 0 Å². The zero-order chi connectivity index (χ0) is 14.7. The molecule has 0 spiro atoms. The lowest BCUT2D eigenvalue weighted by Crippen LogP contribution is -2.38. The molecule has 0 aromatic carbocycles. The molecule has 1 aliphatic carbocycles. The predicted octanol–water partition coefficient (Wildman–Crippen LogP) is 1.37. The molecule has 2 atom stereocenters. The van der Waals surface area contributed by atoms with Gasteiger partial charge >= 0.3 is 0 Å². The number of aromatic nitrogens is 1. The summed E-state index contributed by atoms with van der Waals surface area (Å²) in [5, 5.41) is 3.06. The van der Waals surface area contributed by atoms with Crippen LogP contribution in [0.2, 0.25) is 0 Å². The summed E-state index contributed by atoms with van der Waals surface area (Å²) < 4.78 is 5.74. The van der Waals surface area contributed by atoms with Gasteiger partial charge in [0, 0.05) is 38.1 Å². The van der Waals surface area contributed by atoms with Gasteiger partial charge in [0.15, 0.2) is 0 Å². The number of hydrogen-bond acceptors (Lipinski definition) is 4. The number of carbonyl (C=O) groups is 1. The average molecular weight is 289 g/mol. The molecule has 2 aliphatic rings. The van der Waals surface area contributed by atoms with Gasteiger partial charge in [0.2, 0.25) is 5.91 Å². The number of nitrogens with one attached hydrogen (secondary N) is 1. The van der Waals surface area contributed by atoms with Gasteiger partial charge in [-0.25, -0.2) is 0 Å². The van der Waals surface area contributed by atoms with E-state index in [1.165, 1.54) is 12.8 Å². The third-order valence-corrected chi connectivity index (χ3v) is 4.38. The van der Waals surface area contributed by atoms with E-state index in [0.717, 1.165) is 24.6 Å². The number of carbonyl (C=O) groups excluding carboxylic acids is 1. The molecule has 0 bridgehead atoms. The summed E-state index contributed by atoms with van der Waals surface area (Å²) in [4.78, 5) is 18.8. The molecular formula is C16H23N3O2. The highest BCUT2D eigenvalue weighted by atomic mass is 16.5. The molecule has 1 aromatic rings. The van der Waals surface area contributed by atoms with Gasteiger partial charge in [-0.2, -0.15) is 0 Å². The Balaban J connectivity index is 1.51. The van der Waals surface area contributed by atoms with Crippen molar-refractivity contribution in [2.75, 3.05) is 26.7 Å². The van der Waals surface area contributed by atoms with Gasteiger partial charge in [0.05, 0.1) is 12.0 Å². The van der Waals surface area contributed by atoms with Crippen molar-refractivity contribution in [3.05, 3.63) is 30.1 Å². The lowest BCUT2D eigenvalue weighted by atomic mass is 9.95. The number of hydrogen-bond donors (Lipinski definition) is 1. The Bertz CT molecular complexity index is 476. The van der Waals surface area contributed by atoms with Gasteiger partial charge in [-0.3, -0.25) is 9.78 Å². The number of nitrogens with zero attached hydrogens (tertiary/aromatic N) is 2. The topological polar surface area (TPSA) is 54.5 Å². The molecule has 5 nitrogen and oxygen atoms in total. The molecule has 1 aliphatic heterocycles. The molecule has 1 saturated carbocycles. The standard InChI is InChI=1S/C16H23N3O2/c1-19(13-4-5-13)9-8-18-16(20)14-6-10-21-15(14)12-3-2-7-17-11-12/h2-3,7,11,13-15H,4-6,8-10H2,1H3,(H,18,20)/t14-,15+/m0/s1. The van der Waals surface area contributed by atoms with Gasteiger partial charge in [0.25, 0.3) is 0 Å². The van der Waals surface area contributed by atoms with Crippen molar-refractivity contribution in [2.24, 2.45) is 5.92 Å². The summed E-state index contributed by atoms with van der Waals surface area (Å²) in [6, 6.07) is 4.60. The first-order valence-corrected chi connectivity index (χ1v) is 7.75. The van der Waals surface area contributed by atoms with Gasteiger partial charge < -0.3 is 15.0 Å². The van der Waals surface area contributed by atoms with Gasteiger partial charge in [0.1, 0.15) is 0 Å². The number of likely N-dealkylation sites (N-methyl/N-ethyl adjacent to an activating group) is 1. The van der Waals surface area contributed by atoms with Crippen LogP contribution in [-0.2, 0) is 9.53 Å². The minimum Gasteiger partial charge on any atom is -0.373 e. The number of ether oxygens (including phenoxy) is 1. The lowest BCUT2D eigenvalue weighted by Gasteiger charge is -2.20. The highest BCUT2D eigenvalue weighted by Crippen LogP contribution is 2.34. The Morgan fingerprint density at radius 3 is 3.05 bits per heavy atom.